The first-order chi connectivity index (χ1) is 7.13. The number of carboxylic acid groups (broad SMARTS) is 1. The molecule has 0 aromatic heterocycles. The fourth-order valence-electron chi connectivity index (χ4n) is 1.13. The van der Waals surface area contributed by atoms with Gasteiger partial charge in [-0.2, -0.15) is 5.26 Å². The molecule has 0 fully saturated rings. The van der Waals surface area contributed by atoms with Crippen LogP contribution in [0.3, 0.4) is 0 Å². The number of rotatable bonds is 3. The van der Waals surface area contributed by atoms with Crippen LogP contribution in [0, 0.1) is 17.1 Å². The van der Waals surface area contributed by atoms with Crippen molar-refractivity contribution in [3.8, 4) is 6.07 Å². The van der Waals surface area contributed by atoms with Crippen molar-refractivity contribution in [3.05, 3.63) is 41.2 Å². The fraction of sp³-hybridized carbons (Fsp3) is 0.0909. The SMILES string of the molecule is N#CC=Cc1cc(CC(=O)O)ccc1F. The number of hydrogen-bond acceptors (Lipinski definition) is 2. The second-order valence-electron chi connectivity index (χ2n) is 2.89. The van der Waals surface area contributed by atoms with Crippen molar-refractivity contribution < 1.29 is 14.3 Å². The van der Waals surface area contributed by atoms with Crippen molar-refractivity contribution >= 4 is 12.0 Å². The van der Waals surface area contributed by atoms with E-state index in [9.17, 15) is 9.18 Å². The van der Waals surface area contributed by atoms with Crippen LogP contribution in [-0.2, 0) is 11.2 Å². The molecule has 0 atom stereocenters. The summed E-state index contributed by atoms with van der Waals surface area (Å²) in [7, 11) is 0. The minimum atomic E-state index is -0.975. The summed E-state index contributed by atoms with van der Waals surface area (Å²) < 4.78 is 13.1. The van der Waals surface area contributed by atoms with E-state index in [0.717, 1.165) is 6.08 Å². The number of nitriles is 1. The van der Waals surface area contributed by atoms with Crippen LogP contribution in [0.25, 0.3) is 6.08 Å². The van der Waals surface area contributed by atoms with Gasteiger partial charge in [0.1, 0.15) is 5.82 Å². The largest absolute Gasteiger partial charge is 0.481 e. The van der Waals surface area contributed by atoms with Crippen LogP contribution in [0.4, 0.5) is 4.39 Å². The fourth-order valence-corrected chi connectivity index (χ4v) is 1.13. The highest BCUT2D eigenvalue weighted by molar-refractivity contribution is 5.70. The lowest BCUT2D eigenvalue weighted by Gasteiger charge is -2.00. The van der Waals surface area contributed by atoms with Crippen LogP contribution < -0.4 is 0 Å². The van der Waals surface area contributed by atoms with Crippen molar-refractivity contribution in [1.82, 2.24) is 0 Å². The molecule has 1 aromatic carbocycles. The van der Waals surface area contributed by atoms with Gasteiger partial charge in [0.25, 0.3) is 0 Å². The Labute approximate surface area is 86.1 Å². The number of allylic oxidation sites excluding steroid dienone is 1. The number of carbonyl (C=O) groups is 1. The predicted molar refractivity (Wildman–Crippen MR) is 52.4 cm³/mol. The third-order valence-corrected chi connectivity index (χ3v) is 1.75. The van der Waals surface area contributed by atoms with E-state index in [2.05, 4.69) is 0 Å². The Balaban J connectivity index is 3.00. The summed E-state index contributed by atoms with van der Waals surface area (Å²) in [6.07, 6.45) is 2.29. The first kappa shape index (κ1) is 10.9. The molecule has 0 aliphatic rings. The molecular weight excluding hydrogens is 197 g/mol. The summed E-state index contributed by atoms with van der Waals surface area (Å²) in [6, 6.07) is 5.75. The highest BCUT2D eigenvalue weighted by Crippen LogP contribution is 2.12. The molecule has 0 saturated heterocycles. The maximum Gasteiger partial charge on any atom is 0.307 e. The van der Waals surface area contributed by atoms with Gasteiger partial charge in [0, 0.05) is 11.6 Å². The Morgan fingerprint density at radius 1 is 1.60 bits per heavy atom. The van der Waals surface area contributed by atoms with E-state index in [-0.39, 0.29) is 12.0 Å². The summed E-state index contributed by atoms with van der Waals surface area (Å²) in [5.74, 6) is -1.45. The van der Waals surface area contributed by atoms with Gasteiger partial charge in [-0.25, -0.2) is 4.39 Å². The van der Waals surface area contributed by atoms with Gasteiger partial charge in [0.2, 0.25) is 0 Å². The lowest BCUT2D eigenvalue weighted by molar-refractivity contribution is -0.136. The Bertz CT molecular complexity index is 446. The number of carboxylic acids is 1. The van der Waals surface area contributed by atoms with Gasteiger partial charge < -0.3 is 5.11 Å². The maximum absolute atomic E-state index is 13.1. The molecule has 0 aliphatic heterocycles. The molecule has 3 nitrogen and oxygen atoms in total. The first-order valence-corrected chi connectivity index (χ1v) is 4.20. The number of hydrogen-bond donors (Lipinski definition) is 1. The van der Waals surface area contributed by atoms with E-state index < -0.39 is 11.8 Å². The van der Waals surface area contributed by atoms with E-state index in [1.165, 1.54) is 24.3 Å². The molecule has 1 aromatic rings. The predicted octanol–water partition coefficient (Wildman–Crippen LogP) is 1.99. The summed E-state index contributed by atoms with van der Waals surface area (Å²) in [5, 5.41) is 16.8. The monoisotopic (exact) mass is 205 g/mol. The number of aliphatic carboxylic acids is 1. The lowest BCUT2D eigenvalue weighted by atomic mass is 10.1. The molecule has 15 heavy (non-hydrogen) atoms. The maximum atomic E-state index is 13.1. The second kappa shape index (κ2) is 4.91. The van der Waals surface area contributed by atoms with Gasteiger partial charge in [-0.1, -0.05) is 6.07 Å². The highest BCUT2D eigenvalue weighted by Gasteiger charge is 2.04. The molecule has 0 saturated carbocycles. The van der Waals surface area contributed by atoms with Crippen molar-refractivity contribution in [2.24, 2.45) is 0 Å². The normalized spacial score (nSPS) is 10.1. The van der Waals surface area contributed by atoms with Crippen LogP contribution in [-0.4, -0.2) is 11.1 Å². The topological polar surface area (TPSA) is 61.1 Å². The van der Waals surface area contributed by atoms with Gasteiger partial charge >= 0.3 is 5.97 Å². The van der Waals surface area contributed by atoms with E-state index in [1.807, 2.05) is 0 Å². The Kier molecular flexibility index (Phi) is 3.58. The number of benzene rings is 1. The number of halogens is 1. The second-order valence-corrected chi connectivity index (χ2v) is 2.89. The molecule has 1 N–H and O–H groups in total. The van der Waals surface area contributed by atoms with Crippen LogP contribution in [0.2, 0.25) is 0 Å². The smallest absolute Gasteiger partial charge is 0.307 e. The minimum Gasteiger partial charge on any atom is -0.481 e. The zero-order valence-corrected chi connectivity index (χ0v) is 7.77. The van der Waals surface area contributed by atoms with E-state index >= 15 is 0 Å². The molecule has 0 radical (unpaired) electrons. The van der Waals surface area contributed by atoms with Crippen LogP contribution >= 0.6 is 0 Å². The van der Waals surface area contributed by atoms with Crippen molar-refractivity contribution in [2.75, 3.05) is 0 Å². The lowest BCUT2D eigenvalue weighted by Crippen LogP contribution is -2.00. The van der Waals surface area contributed by atoms with Crippen LogP contribution in [0.5, 0.6) is 0 Å². The third-order valence-electron chi connectivity index (χ3n) is 1.75. The molecule has 76 valence electrons. The van der Waals surface area contributed by atoms with Crippen molar-refractivity contribution in [2.45, 2.75) is 6.42 Å². The molecule has 0 aliphatic carbocycles. The van der Waals surface area contributed by atoms with Gasteiger partial charge in [-0.05, 0) is 23.8 Å². The van der Waals surface area contributed by atoms with Crippen molar-refractivity contribution in [3.63, 3.8) is 0 Å². The van der Waals surface area contributed by atoms with Gasteiger partial charge in [-0.15, -0.1) is 0 Å². The zero-order chi connectivity index (χ0) is 11.3. The Hall–Kier alpha value is -2.15. The first-order valence-electron chi connectivity index (χ1n) is 4.20. The molecule has 0 heterocycles. The van der Waals surface area contributed by atoms with Gasteiger partial charge in [0.15, 0.2) is 0 Å². The molecule has 4 heteroatoms. The quantitative estimate of drug-likeness (QED) is 0.767. The van der Waals surface area contributed by atoms with Gasteiger partial charge in [-0.3, -0.25) is 4.79 Å². The van der Waals surface area contributed by atoms with Gasteiger partial charge in [0.05, 0.1) is 12.5 Å². The number of nitrogens with zero attached hydrogens (tertiary/aromatic N) is 1. The molecule has 0 spiro atoms. The summed E-state index contributed by atoms with van der Waals surface area (Å²) in [5.41, 5.74) is 0.719. The van der Waals surface area contributed by atoms with E-state index in [0.29, 0.717) is 5.56 Å². The van der Waals surface area contributed by atoms with Crippen molar-refractivity contribution in [1.29, 1.82) is 5.26 Å². The highest BCUT2D eigenvalue weighted by atomic mass is 19.1. The van der Waals surface area contributed by atoms with Crippen LogP contribution in [0.1, 0.15) is 11.1 Å². The average molecular weight is 205 g/mol. The third kappa shape index (κ3) is 3.24. The molecule has 0 unspecified atom stereocenters. The molecule has 1 rings (SSSR count). The zero-order valence-electron chi connectivity index (χ0n) is 7.77. The van der Waals surface area contributed by atoms with E-state index in [4.69, 9.17) is 10.4 Å². The van der Waals surface area contributed by atoms with Crippen LogP contribution in [0.15, 0.2) is 24.3 Å². The minimum absolute atomic E-state index is 0.159. The Morgan fingerprint density at radius 3 is 2.93 bits per heavy atom. The molecule has 0 bridgehead atoms. The Morgan fingerprint density at radius 2 is 2.33 bits per heavy atom. The van der Waals surface area contributed by atoms with E-state index in [1.54, 1.807) is 6.07 Å². The average Bonchev–Trinajstić information content (AvgIpc) is 2.18. The standard InChI is InChI=1S/C11H8FNO2/c12-10-4-3-8(7-11(14)15)6-9(10)2-1-5-13/h1-4,6H,7H2,(H,14,15). The molecular formula is C11H8FNO2. The molecule has 0 amide bonds. The summed E-state index contributed by atoms with van der Waals surface area (Å²) in [4.78, 5) is 10.4. The summed E-state index contributed by atoms with van der Waals surface area (Å²) >= 11 is 0. The summed E-state index contributed by atoms with van der Waals surface area (Å²) in [6.45, 7) is 0.